The average molecular weight is 233 g/mol. The second kappa shape index (κ2) is 10.9. The summed E-state index contributed by atoms with van der Waals surface area (Å²) in [4.78, 5) is 10.9. The number of hydrogen-bond acceptors (Lipinski definition) is 4. The van der Waals surface area contributed by atoms with Crippen molar-refractivity contribution >= 4 is 5.97 Å². The molecule has 0 heterocycles. The first-order chi connectivity index (χ1) is 7.72. The van der Waals surface area contributed by atoms with E-state index >= 15 is 0 Å². The summed E-state index contributed by atoms with van der Waals surface area (Å²) in [5.74, 6) is -1.05. The van der Waals surface area contributed by atoms with Gasteiger partial charge in [0.15, 0.2) is 0 Å². The van der Waals surface area contributed by atoms with E-state index in [1.165, 1.54) is 0 Å². The molecule has 1 unspecified atom stereocenters. The third kappa shape index (κ3) is 8.64. The Morgan fingerprint density at radius 3 is 2.56 bits per heavy atom. The zero-order chi connectivity index (χ0) is 12.2. The lowest BCUT2D eigenvalue weighted by atomic mass is 9.99. The average Bonchev–Trinajstić information content (AvgIpc) is 2.26. The van der Waals surface area contributed by atoms with Crippen molar-refractivity contribution in [3.63, 3.8) is 0 Å². The molecule has 0 saturated carbocycles. The Morgan fingerprint density at radius 1 is 1.25 bits per heavy atom. The van der Waals surface area contributed by atoms with Gasteiger partial charge >= 0.3 is 5.97 Å². The minimum absolute atomic E-state index is 0.311. The largest absolute Gasteiger partial charge is 0.481 e. The molecule has 0 saturated heterocycles. The molecule has 0 rings (SSSR count). The summed E-state index contributed by atoms with van der Waals surface area (Å²) in [6.07, 6.45) is 2.99. The summed E-state index contributed by atoms with van der Waals surface area (Å²) < 4.78 is 10.1. The highest BCUT2D eigenvalue weighted by atomic mass is 16.5. The van der Waals surface area contributed by atoms with Crippen LogP contribution in [0.3, 0.4) is 0 Å². The lowest BCUT2D eigenvalue weighted by Crippen LogP contribution is -2.17. The van der Waals surface area contributed by atoms with Crippen molar-refractivity contribution < 1.29 is 19.4 Å². The van der Waals surface area contributed by atoms with Gasteiger partial charge in [-0.2, -0.15) is 0 Å². The predicted octanol–water partition coefficient (Wildman–Crippen LogP) is 0.869. The topological polar surface area (TPSA) is 81.8 Å². The molecular weight excluding hydrogens is 210 g/mol. The van der Waals surface area contributed by atoms with Crippen molar-refractivity contribution in [3.05, 3.63) is 0 Å². The van der Waals surface area contributed by atoms with Gasteiger partial charge in [0.05, 0.1) is 19.1 Å². The Morgan fingerprint density at radius 2 is 2.00 bits per heavy atom. The first-order valence-electron chi connectivity index (χ1n) is 5.72. The number of aliphatic carboxylic acids is 1. The first-order valence-corrected chi connectivity index (χ1v) is 5.72. The van der Waals surface area contributed by atoms with Crippen LogP contribution in [0.5, 0.6) is 0 Å². The van der Waals surface area contributed by atoms with E-state index in [9.17, 15) is 4.79 Å². The molecule has 0 aromatic heterocycles. The second-order valence-electron chi connectivity index (χ2n) is 3.71. The van der Waals surface area contributed by atoms with E-state index in [-0.39, 0.29) is 5.92 Å². The monoisotopic (exact) mass is 233 g/mol. The molecule has 0 amide bonds. The number of carboxylic acid groups (broad SMARTS) is 1. The highest BCUT2D eigenvalue weighted by molar-refractivity contribution is 5.69. The summed E-state index contributed by atoms with van der Waals surface area (Å²) in [5, 5.41) is 8.96. The van der Waals surface area contributed by atoms with E-state index in [0.717, 1.165) is 12.8 Å². The van der Waals surface area contributed by atoms with E-state index < -0.39 is 5.97 Å². The minimum Gasteiger partial charge on any atom is -0.481 e. The van der Waals surface area contributed by atoms with E-state index in [4.69, 9.17) is 20.3 Å². The molecule has 0 fully saturated rings. The first kappa shape index (κ1) is 15.3. The maximum atomic E-state index is 10.9. The summed E-state index contributed by atoms with van der Waals surface area (Å²) in [6.45, 7) is 2.16. The van der Waals surface area contributed by atoms with Crippen LogP contribution in [-0.2, 0) is 14.3 Å². The highest BCUT2D eigenvalue weighted by Gasteiger charge is 2.16. The van der Waals surface area contributed by atoms with E-state index in [1.807, 2.05) is 0 Å². The highest BCUT2D eigenvalue weighted by Crippen LogP contribution is 2.13. The van der Waals surface area contributed by atoms with Gasteiger partial charge in [-0.25, -0.2) is 0 Å². The molecule has 5 nitrogen and oxygen atoms in total. The second-order valence-corrected chi connectivity index (χ2v) is 3.71. The van der Waals surface area contributed by atoms with Crippen LogP contribution in [0.1, 0.15) is 25.7 Å². The predicted molar refractivity (Wildman–Crippen MR) is 61.3 cm³/mol. The molecular formula is C11H23NO4. The molecule has 1 atom stereocenters. The van der Waals surface area contributed by atoms with Crippen LogP contribution in [-0.4, -0.2) is 44.6 Å². The Bertz CT molecular complexity index is 175. The third-order valence-electron chi connectivity index (χ3n) is 2.40. The van der Waals surface area contributed by atoms with Crippen molar-refractivity contribution in [2.45, 2.75) is 25.7 Å². The molecule has 96 valence electrons. The SMILES string of the molecule is COCCOCCC(CCCCN)C(=O)O. The minimum atomic E-state index is -0.743. The van der Waals surface area contributed by atoms with Crippen LogP contribution in [0.2, 0.25) is 0 Å². The summed E-state index contributed by atoms with van der Waals surface area (Å²) in [5.41, 5.74) is 5.36. The zero-order valence-electron chi connectivity index (χ0n) is 9.98. The fourth-order valence-electron chi connectivity index (χ4n) is 1.40. The molecule has 0 aliphatic heterocycles. The zero-order valence-corrected chi connectivity index (χ0v) is 9.98. The summed E-state index contributed by atoms with van der Waals surface area (Å²) in [7, 11) is 1.61. The maximum absolute atomic E-state index is 10.9. The Hall–Kier alpha value is -0.650. The lowest BCUT2D eigenvalue weighted by molar-refractivity contribution is -0.142. The van der Waals surface area contributed by atoms with Gasteiger partial charge in [-0.05, 0) is 25.8 Å². The molecule has 0 aromatic rings. The van der Waals surface area contributed by atoms with Crippen LogP contribution in [0.15, 0.2) is 0 Å². The maximum Gasteiger partial charge on any atom is 0.306 e. The number of ether oxygens (including phenoxy) is 2. The van der Waals surface area contributed by atoms with Gasteiger partial charge in [0.1, 0.15) is 0 Å². The van der Waals surface area contributed by atoms with Gasteiger partial charge in [-0.15, -0.1) is 0 Å². The number of unbranched alkanes of at least 4 members (excludes halogenated alkanes) is 1. The van der Waals surface area contributed by atoms with Gasteiger partial charge < -0.3 is 20.3 Å². The van der Waals surface area contributed by atoms with Gasteiger partial charge in [-0.3, -0.25) is 4.79 Å². The molecule has 0 bridgehead atoms. The summed E-state index contributed by atoms with van der Waals surface area (Å²) >= 11 is 0. The van der Waals surface area contributed by atoms with Crippen LogP contribution in [0.4, 0.5) is 0 Å². The number of rotatable bonds is 11. The van der Waals surface area contributed by atoms with E-state index in [1.54, 1.807) is 7.11 Å². The number of carbonyl (C=O) groups is 1. The van der Waals surface area contributed by atoms with Crippen LogP contribution < -0.4 is 5.73 Å². The smallest absolute Gasteiger partial charge is 0.306 e. The fraction of sp³-hybridized carbons (Fsp3) is 0.909. The number of carboxylic acids is 1. The molecule has 0 spiro atoms. The van der Waals surface area contributed by atoms with E-state index in [0.29, 0.717) is 39.2 Å². The molecule has 5 heteroatoms. The summed E-state index contributed by atoms with van der Waals surface area (Å²) in [6, 6.07) is 0. The quantitative estimate of drug-likeness (QED) is 0.517. The van der Waals surface area contributed by atoms with Crippen molar-refractivity contribution in [2.75, 3.05) is 33.5 Å². The molecule has 0 aliphatic carbocycles. The van der Waals surface area contributed by atoms with E-state index in [2.05, 4.69) is 0 Å². The normalized spacial score (nSPS) is 12.6. The van der Waals surface area contributed by atoms with Crippen molar-refractivity contribution in [3.8, 4) is 0 Å². The molecule has 0 aliphatic rings. The van der Waals surface area contributed by atoms with Crippen molar-refractivity contribution in [1.29, 1.82) is 0 Å². The standard InChI is InChI=1S/C11H23NO4/c1-15-8-9-16-7-5-10(11(13)14)4-2-3-6-12/h10H,2-9,12H2,1H3,(H,13,14). The Labute approximate surface area is 96.9 Å². The Balaban J connectivity index is 3.56. The lowest BCUT2D eigenvalue weighted by Gasteiger charge is -2.11. The van der Waals surface area contributed by atoms with Crippen LogP contribution in [0, 0.1) is 5.92 Å². The molecule has 3 N–H and O–H groups in total. The molecule has 16 heavy (non-hydrogen) atoms. The van der Waals surface area contributed by atoms with Gasteiger partial charge in [-0.1, -0.05) is 6.42 Å². The van der Waals surface area contributed by atoms with Crippen LogP contribution >= 0.6 is 0 Å². The van der Waals surface area contributed by atoms with Gasteiger partial charge in [0, 0.05) is 13.7 Å². The number of nitrogens with two attached hydrogens (primary N) is 1. The Kier molecular flexibility index (Phi) is 10.4. The van der Waals surface area contributed by atoms with Crippen molar-refractivity contribution in [2.24, 2.45) is 11.7 Å². The van der Waals surface area contributed by atoms with Gasteiger partial charge in [0.2, 0.25) is 0 Å². The molecule has 0 aromatic carbocycles. The van der Waals surface area contributed by atoms with Crippen LogP contribution in [0.25, 0.3) is 0 Å². The number of methoxy groups -OCH3 is 1. The number of hydrogen-bond donors (Lipinski definition) is 2. The van der Waals surface area contributed by atoms with Gasteiger partial charge in [0.25, 0.3) is 0 Å². The van der Waals surface area contributed by atoms with Crippen molar-refractivity contribution in [1.82, 2.24) is 0 Å². The molecule has 0 radical (unpaired) electrons. The fourth-order valence-corrected chi connectivity index (χ4v) is 1.40. The third-order valence-corrected chi connectivity index (χ3v) is 2.40.